The Bertz CT molecular complexity index is 560. The highest BCUT2D eigenvalue weighted by Crippen LogP contribution is 2.35. The first-order valence-electron chi connectivity index (χ1n) is 7.52. The number of alkyl halides is 3. The summed E-state index contributed by atoms with van der Waals surface area (Å²) in [5, 5.41) is 0. The van der Waals surface area contributed by atoms with Crippen LogP contribution in [-0.2, 0) is 10.9 Å². The Morgan fingerprint density at radius 1 is 1.00 bits per heavy atom. The van der Waals surface area contributed by atoms with Crippen molar-refractivity contribution in [2.75, 3.05) is 0 Å². The second-order valence-electron chi connectivity index (χ2n) is 5.87. The lowest BCUT2D eigenvalue weighted by Crippen LogP contribution is -2.26. The van der Waals surface area contributed by atoms with E-state index in [1.54, 1.807) is 0 Å². The topological polar surface area (TPSA) is 35.5 Å². The van der Waals surface area contributed by atoms with Crippen LogP contribution in [0.4, 0.5) is 13.2 Å². The van der Waals surface area contributed by atoms with Gasteiger partial charge < -0.3 is 9.47 Å². The molecule has 0 spiro atoms. The van der Waals surface area contributed by atoms with Crippen molar-refractivity contribution in [1.29, 1.82) is 0 Å². The molecule has 1 aromatic carbocycles. The number of carbonyl (C=O) groups is 1. The SMILES string of the molecule is O=C(OC1CCC1)c1cc(OC2CCC2)cc(C(F)(F)F)c1. The zero-order chi connectivity index (χ0) is 15.7. The van der Waals surface area contributed by atoms with Crippen molar-refractivity contribution in [3.63, 3.8) is 0 Å². The summed E-state index contributed by atoms with van der Waals surface area (Å²) < 4.78 is 49.6. The third-order valence-electron chi connectivity index (χ3n) is 4.15. The van der Waals surface area contributed by atoms with Gasteiger partial charge in [0.15, 0.2) is 0 Å². The van der Waals surface area contributed by atoms with Crippen molar-refractivity contribution in [2.24, 2.45) is 0 Å². The Hall–Kier alpha value is -1.72. The average molecular weight is 314 g/mol. The van der Waals surface area contributed by atoms with E-state index in [1.165, 1.54) is 6.07 Å². The summed E-state index contributed by atoms with van der Waals surface area (Å²) in [7, 11) is 0. The van der Waals surface area contributed by atoms with Crippen LogP contribution in [0.3, 0.4) is 0 Å². The number of ether oxygens (including phenoxy) is 2. The molecule has 0 atom stereocenters. The van der Waals surface area contributed by atoms with Gasteiger partial charge in [0.25, 0.3) is 0 Å². The summed E-state index contributed by atoms with van der Waals surface area (Å²) in [4.78, 5) is 12.0. The Labute approximate surface area is 126 Å². The highest BCUT2D eigenvalue weighted by Gasteiger charge is 2.33. The summed E-state index contributed by atoms with van der Waals surface area (Å²) in [6.07, 6.45) is 0.459. The van der Waals surface area contributed by atoms with Gasteiger partial charge in [-0.15, -0.1) is 0 Å². The van der Waals surface area contributed by atoms with Gasteiger partial charge in [-0.2, -0.15) is 13.2 Å². The standard InChI is InChI=1S/C16H17F3O3/c17-16(18,19)11-7-10(15(20)22-13-5-2-6-13)8-14(9-11)21-12-3-1-4-12/h7-9,12-13H,1-6H2. The Morgan fingerprint density at radius 2 is 1.64 bits per heavy atom. The fourth-order valence-corrected chi connectivity index (χ4v) is 2.34. The molecule has 0 saturated heterocycles. The largest absolute Gasteiger partial charge is 0.490 e. The molecule has 1 aromatic rings. The molecule has 22 heavy (non-hydrogen) atoms. The van der Waals surface area contributed by atoms with Gasteiger partial charge in [0.2, 0.25) is 0 Å². The van der Waals surface area contributed by atoms with Crippen LogP contribution in [-0.4, -0.2) is 18.2 Å². The van der Waals surface area contributed by atoms with Crippen LogP contribution in [0.2, 0.25) is 0 Å². The molecule has 120 valence electrons. The number of esters is 1. The van der Waals surface area contributed by atoms with E-state index in [4.69, 9.17) is 9.47 Å². The molecule has 0 aromatic heterocycles. The van der Waals surface area contributed by atoms with Crippen LogP contribution in [0.1, 0.15) is 54.4 Å². The Morgan fingerprint density at radius 3 is 2.14 bits per heavy atom. The molecule has 3 nitrogen and oxygen atoms in total. The number of benzene rings is 1. The minimum Gasteiger partial charge on any atom is -0.490 e. The summed E-state index contributed by atoms with van der Waals surface area (Å²) >= 11 is 0. The van der Waals surface area contributed by atoms with Gasteiger partial charge >= 0.3 is 12.1 Å². The molecule has 3 rings (SSSR count). The van der Waals surface area contributed by atoms with Crippen molar-refractivity contribution < 1.29 is 27.4 Å². The average Bonchev–Trinajstić information content (AvgIpc) is 2.36. The minimum atomic E-state index is -4.52. The van der Waals surface area contributed by atoms with Crippen molar-refractivity contribution in [3.05, 3.63) is 29.3 Å². The summed E-state index contributed by atoms with van der Waals surface area (Å²) in [6, 6.07) is 3.11. The molecule has 2 fully saturated rings. The van der Waals surface area contributed by atoms with E-state index in [9.17, 15) is 18.0 Å². The molecule has 2 aliphatic carbocycles. The van der Waals surface area contributed by atoms with E-state index in [-0.39, 0.29) is 23.5 Å². The van der Waals surface area contributed by atoms with Crippen molar-refractivity contribution in [2.45, 2.75) is 56.9 Å². The third kappa shape index (κ3) is 3.36. The molecule has 0 aliphatic heterocycles. The first kappa shape index (κ1) is 15.2. The second kappa shape index (κ2) is 5.82. The fraction of sp³-hybridized carbons (Fsp3) is 0.562. The highest BCUT2D eigenvalue weighted by atomic mass is 19.4. The van der Waals surface area contributed by atoms with Gasteiger partial charge in [0, 0.05) is 0 Å². The maximum atomic E-state index is 13.0. The number of hydrogen-bond acceptors (Lipinski definition) is 3. The van der Waals surface area contributed by atoms with Gasteiger partial charge in [-0.3, -0.25) is 0 Å². The Kier molecular flexibility index (Phi) is 4.02. The fourth-order valence-electron chi connectivity index (χ4n) is 2.34. The summed E-state index contributed by atoms with van der Waals surface area (Å²) in [5.74, 6) is -0.630. The van der Waals surface area contributed by atoms with Crippen LogP contribution in [0.15, 0.2) is 18.2 Å². The van der Waals surface area contributed by atoms with Crippen LogP contribution < -0.4 is 4.74 Å². The normalized spacial score (nSPS) is 19.2. The molecular formula is C16H17F3O3. The van der Waals surface area contributed by atoms with E-state index in [0.29, 0.717) is 0 Å². The summed E-state index contributed by atoms with van der Waals surface area (Å²) in [5.41, 5.74) is -0.985. The predicted octanol–water partition coefficient (Wildman–Crippen LogP) is 4.35. The summed E-state index contributed by atoms with van der Waals surface area (Å²) in [6.45, 7) is 0. The highest BCUT2D eigenvalue weighted by molar-refractivity contribution is 5.90. The zero-order valence-corrected chi connectivity index (χ0v) is 12.0. The second-order valence-corrected chi connectivity index (χ2v) is 5.87. The molecule has 0 unspecified atom stereocenters. The van der Waals surface area contributed by atoms with Gasteiger partial charge in [0.1, 0.15) is 11.9 Å². The molecule has 0 heterocycles. The predicted molar refractivity (Wildman–Crippen MR) is 72.8 cm³/mol. The van der Waals surface area contributed by atoms with E-state index in [1.807, 2.05) is 0 Å². The van der Waals surface area contributed by atoms with Crippen LogP contribution >= 0.6 is 0 Å². The third-order valence-corrected chi connectivity index (χ3v) is 4.15. The molecule has 0 N–H and O–H groups in total. The smallest absolute Gasteiger partial charge is 0.416 e. The molecule has 2 aliphatic rings. The lowest BCUT2D eigenvalue weighted by molar-refractivity contribution is -0.137. The first-order valence-corrected chi connectivity index (χ1v) is 7.52. The monoisotopic (exact) mass is 314 g/mol. The first-order chi connectivity index (χ1) is 10.4. The van der Waals surface area contributed by atoms with E-state index >= 15 is 0 Å². The van der Waals surface area contributed by atoms with Gasteiger partial charge in [0.05, 0.1) is 17.2 Å². The zero-order valence-electron chi connectivity index (χ0n) is 12.0. The van der Waals surface area contributed by atoms with Gasteiger partial charge in [-0.1, -0.05) is 0 Å². The molecule has 2 saturated carbocycles. The maximum absolute atomic E-state index is 13.0. The van der Waals surface area contributed by atoms with Crippen LogP contribution in [0.5, 0.6) is 5.75 Å². The van der Waals surface area contributed by atoms with Crippen molar-refractivity contribution in [3.8, 4) is 5.75 Å². The molecule has 6 heteroatoms. The van der Waals surface area contributed by atoms with E-state index in [2.05, 4.69) is 0 Å². The van der Waals surface area contributed by atoms with Crippen LogP contribution in [0, 0.1) is 0 Å². The number of hydrogen-bond donors (Lipinski definition) is 0. The van der Waals surface area contributed by atoms with Gasteiger partial charge in [-0.25, -0.2) is 4.79 Å². The lowest BCUT2D eigenvalue weighted by atomic mass is 9.96. The Balaban J connectivity index is 1.82. The van der Waals surface area contributed by atoms with Crippen LogP contribution in [0.25, 0.3) is 0 Å². The van der Waals surface area contributed by atoms with E-state index < -0.39 is 17.7 Å². The maximum Gasteiger partial charge on any atom is 0.416 e. The van der Waals surface area contributed by atoms with E-state index in [0.717, 1.165) is 50.7 Å². The quantitative estimate of drug-likeness (QED) is 0.775. The molecule has 0 bridgehead atoms. The van der Waals surface area contributed by atoms with Crippen molar-refractivity contribution in [1.82, 2.24) is 0 Å². The lowest BCUT2D eigenvalue weighted by Gasteiger charge is -2.27. The molecular weight excluding hydrogens is 297 g/mol. The van der Waals surface area contributed by atoms with Crippen molar-refractivity contribution >= 4 is 5.97 Å². The number of rotatable bonds is 4. The van der Waals surface area contributed by atoms with Gasteiger partial charge in [-0.05, 0) is 56.7 Å². The molecule has 0 radical (unpaired) electrons. The number of carbonyl (C=O) groups excluding carboxylic acids is 1. The minimum absolute atomic E-state index is 0.0565. The number of halogens is 3. The molecule has 0 amide bonds.